The van der Waals surface area contributed by atoms with E-state index in [9.17, 15) is 34.5 Å². The average molecular weight is 959 g/mol. The normalized spacial score (nSPS) is 27.3. The summed E-state index contributed by atoms with van der Waals surface area (Å²) in [4.78, 5) is 58.4. The number of aryl methyl sites for hydroxylation is 2. The first-order valence-electron chi connectivity index (χ1n) is 21.4. The maximum atomic E-state index is 12.6. The first-order chi connectivity index (χ1) is 32.6. The number of amides is 1. The minimum Gasteiger partial charge on any atom is -0.506 e. The van der Waals surface area contributed by atoms with E-state index in [1.165, 1.54) is 32.2 Å². The van der Waals surface area contributed by atoms with Crippen molar-refractivity contribution in [3.05, 3.63) is 99.2 Å². The zero-order valence-corrected chi connectivity index (χ0v) is 39.4. The van der Waals surface area contributed by atoms with Gasteiger partial charge in [0.1, 0.15) is 65.1 Å². The molecule has 0 bridgehead atoms. The van der Waals surface area contributed by atoms with E-state index >= 15 is 0 Å². The van der Waals surface area contributed by atoms with Crippen LogP contribution in [0.4, 0.5) is 9.59 Å². The Morgan fingerprint density at radius 1 is 0.855 bits per heavy atom. The maximum Gasteiger partial charge on any atom is 0.509 e. The van der Waals surface area contributed by atoms with Gasteiger partial charge in [-0.05, 0) is 71.4 Å². The van der Waals surface area contributed by atoms with Gasteiger partial charge in [0.2, 0.25) is 18.7 Å². The summed E-state index contributed by atoms with van der Waals surface area (Å²) in [5, 5.41) is 36.6. The van der Waals surface area contributed by atoms with Crippen molar-refractivity contribution in [3.8, 4) is 35.3 Å². The van der Waals surface area contributed by atoms with Crippen LogP contribution in [0.25, 0.3) is 27.5 Å². The molecular formula is C49H54N2O18. The third-order valence-corrected chi connectivity index (χ3v) is 12.6. The van der Waals surface area contributed by atoms with Crippen molar-refractivity contribution in [3.63, 3.8) is 0 Å². The van der Waals surface area contributed by atoms with Gasteiger partial charge < -0.3 is 62.1 Å². The van der Waals surface area contributed by atoms with E-state index in [0.29, 0.717) is 27.8 Å². The number of fused-ring (bicyclic) bond motifs is 3. The number of ether oxygens (including phenoxy) is 7. The van der Waals surface area contributed by atoms with Crippen molar-refractivity contribution in [2.24, 2.45) is 17.0 Å². The molecule has 2 aromatic heterocycles. The van der Waals surface area contributed by atoms with Crippen LogP contribution < -0.4 is 26.2 Å². The molecule has 5 heterocycles. The summed E-state index contributed by atoms with van der Waals surface area (Å²) in [6.07, 6.45) is 0.275. The van der Waals surface area contributed by atoms with Crippen LogP contribution in [0.1, 0.15) is 63.8 Å². The van der Waals surface area contributed by atoms with Crippen LogP contribution in [-0.4, -0.2) is 95.2 Å². The fraction of sp³-hybridized carbons (Fsp3) is 0.408. The Morgan fingerprint density at radius 2 is 1.36 bits per heavy atom. The molecule has 2 aromatic carbocycles. The number of aromatic hydroxyl groups is 2. The van der Waals surface area contributed by atoms with Crippen LogP contribution in [0.5, 0.6) is 23.0 Å². The zero-order valence-electron chi connectivity index (χ0n) is 39.4. The molecule has 368 valence electrons. The van der Waals surface area contributed by atoms with Gasteiger partial charge in [-0.15, -0.1) is 19.6 Å². The summed E-state index contributed by atoms with van der Waals surface area (Å²) in [6, 6.07) is 6.20. The van der Waals surface area contributed by atoms with Crippen LogP contribution in [-0.2, 0) is 33.4 Å². The molecule has 4 N–H and O–H groups in total. The second-order valence-electron chi connectivity index (χ2n) is 16.9. The van der Waals surface area contributed by atoms with Gasteiger partial charge in [-0.25, -0.2) is 19.2 Å². The average Bonchev–Trinajstić information content (AvgIpc) is 3.70. The molecule has 69 heavy (non-hydrogen) atoms. The van der Waals surface area contributed by atoms with Crippen LogP contribution >= 0.6 is 0 Å². The molecule has 0 aliphatic carbocycles. The number of terminal acetylenes is 1. The van der Waals surface area contributed by atoms with E-state index in [1.54, 1.807) is 52.8 Å². The predicted octanol–water partition coefficient (Wildman–Crippen LogP) is 6.57. The Bertz CT molecular complexity index is 2900. The van der Waals surface area contributed by atoms with Crippen LogP contribution in [0, 0.1) is 38.0 Å². The zero-order chi connectivity index (χ0) is 50.9. The second-order valence-corrected chi connectivity index (χ2v) is 16.9. The van der Waals surface area contributed by atoms with E-state index in [2.05, 4.69) is 35.7 Å². The smallest absolute Gasteiger partial charge is 0.506 e. The fourth-order valence-electron chi connectivity index (χ4n) is 8.16. The lowest BCUT2D eigenvalue weighted by molar-refractivity contribution is -0.275. The molecule has 0 radical (unpaired) electrons. The number of nitrogens with one attached hydrogen (secondary N) is 1. The van der Waals surface area contributed by atoms with Crippen LogP contribution in [0.3, 0.4) is 0 Å². The minimum atomic E-state index is -1.44. The van der Waals surface area contributed by atoms with Crippen molar-refractivity contribution >= 4 is 45.5 Å². The molecule has 7 rings (SSSR count). The highest BCUT2D eigenvalue weighted by Crippen LogP contribution is 2.44. The number of rotatable bonds is 12. The Morgan fingerprint density at radius 3 is 1.90 bits per heavy atom. The molecule has 20 nitrogen and oxygen atoms in total. The highest BCUT2D eigenvalue weighted by atomic mass is 16.8. The topological polar surface area (TPSA) is 263 Å². The Kier molecular flexibility index (Phi) is 14.9. The summed E-state index contributed by atoms with van der Waals surface area (Å²) >= 11 is 0. The van der Waals surface area contributed by atoms with Crippen molar-refractivity contribution in [1.82, 2.24) is 5.48 Å². The van der Waals surface area contributed by atoms with Gasteiger partial charge in [-0.3, -0.25) is 4.84 Å². The molecule has 20 heteroatoms. The number of oxime groups is 1. The lowest BCUT2D eigenvalue weighted by atomic mass is 9.81. The van der Waals surface area contributed by atoms with Gasteiger partial charge >= 0.3 is 23.5 Å². The highest BCUT2D eigenvalue weighted by molar-refractivity contribution is 6.04. The van der Waals surface area contributed by atoms with Crippen molar-refractivity contribution in [2.45, 2.75) is 104 Å². The van der Waals surface area contributed by atoms with E-state index < -0.39 is 77.6 Å². The molecule has 3 saturated heterocycles. The van der Waals surface area contributed by atoms with E-state index in [1.807, 2.05) is 19.3 Å². The lowest BCUT2D eigenvalue weighted by Gasteiger charge is -2.47. The van der Waals surface area contributed by atoms with Crippen molar-refractivity contribution in [1.29, 1.82) is 0 Å². The first-order valence-corrected chi connectivity index (χ1v) is 21.4. The minimum absolute atomic E-state index is 0.0322. The molecule has 0 saturated carbocycles. The van der Waals surface area contributed by atoms with E-state index in [-0.39, 0.29) is 63.2 Å². The van der Waals surface area contributed by atoms with Crippen molar-refractivity contribution < 1.29 is 76.6 Å². The molecule has 3 fully saturated rings. The summed E-state index contributed by atoms with van der Waals surface area (Å²) < 4.78 is 51.2. The third-order valence-electron chi connectivity index (χ3n) is 12.6. The highest BCUT2D eigenvalue weighted by Gasteiger charge is 2.57. The van der Waals surface area contributed by atoms with Crippen LogP contribution in [0.2, 0.25) is 0 Å². The van der Waals surface area contributed by atoms with Gasteiger partial charge in [-0.2, -0.15) is 5.48 Å². The number of aliphatic hydroxyl groups excluding tert-OH is 1. The molecule has 0 spiro atoms. The molecular weight excluding hydrogens is 905 g/mol. The monoisotopic (exact) mass is 958 g/mol. The maximum absolute atomic E-state index is 12.6. The number of hydroxylamine groups is 1. The van der Waals surface area contributed by atoms with Gasteiger partial charge in [0.25, 0.3) is 0 Å². The number of nitrogens with zero attached hydrogens (tertiary/aromatic N) is 1. The van der Waals surface area contributed by atoms with Crippen molar-refractivity contribution in [2.75, 3.05) is 13.7 Å². The summed E-state index contributed by atoms with van der Waals surface area (Å²) in [5.74, 6) is 1.42. The quantitative estimate of drug-likeness (QED) is 0.0222. The number of carbonyl (C=O) groups excluding carboxylic acids is 2. The first kappa shape index (κ1) is 51.1. The van der Waals surface area contributed by atoms with Gasteiger partial charge in [0, 0.05) is 23.0 Å². The SMILES string of the molecule is C#CCONC(=O)O[C@@H]1[C@@H](C)[C@](C)(C=C)OC(Oc2ccc3c(O)c(/C(C)=N\OC)c(=O)oc3c2C)[C@@H]1O.C=C[C@]1(C)OC(Oc2ccc3c(O)c(C(=C)C)c(=O)oc3c2C)[C@@H]2OC(=O)O[C@@H]2[C@H]1C. The molecule has 3 aliphatic rings. The molecule has 1 amide bonds. The fourth-order valence-corrected chi connectivity index (χ4v) is 8.16. The van der Waals surface area contributed by atoms with Gasteiger partial charge in [-0.1, -0.05) is 43.7 Å². The largest absolute Gasteiger partial charge is 0.509 e. The summed E-state index contributed by atoms with van der Waals surface area (Å²) in [6.45, 7) is 24.7. The Balaban J connectivity index is 0.000000231. The molecule has 10 atom stereocenters. The third kappa shape index (κ3) is 9.72. The number of hydrogen-bond donors (Lipinski definition) is 4. The Labute approximate surface area is 395 Å². The number of hydrogen-bond acceptors (Lipinski definition) is 19. The number of allylic oxidation sites excluding steroid dienone is 1. The number of benzene rings is 2. The van der Waals surface area contributed by atoms with E-state index in [0.717, 1.165) is 0 Å². The summed E-state index contributed by atoms with van der Waals surface area (Å²) in [5.41, 5.74) is 0.0860. The molecule has 4 aromatic rings. The number of aliphatic hydroxyl groups is 1. The van der Waals surface area contributed by atoms with Gasteiger partial charge in [0.15, 0.2) is 12.2 Å². The van der Waals surface area contributed by atoms with Crippen LogP contribution in [0.15, 0.2) is 79.7 Å². The Hall–Kier alpha value is -7.31. The second kappa shape index (κ2) is 20.1. The summed E-state index contributed by atoms with van der Waals surface area (Å²) in [7, 11) is 1.31. The van der Waals surface area contributed by atoms with Gasteiger partial charge in [0.05, 0.1) is 27.7 Å². The molecule has 3 aliphatic heterocycles. The lowest BCUT2D eigenvalue weighted by Crippen LogP contribution is -2.61. The number of carbonyl (C=O) groups is 2. The predicted molar refractivity (Wildman–Crippen MR) is 248 cm³/mol. The standard InChI is InChI=1S/C26H30N2O10.C23H24O8/c1-8-12-34-28-25(32)37-22-14(4)26(6,9-2)38-24(20(22)30)35-17-11-10-16-19(29)18(15(5)27-33-7)23(31)36-21(16)13(17)3;1-7-23(6)12(5)18-19(30-22(26)29-18)21(31-23)27-14-9-8-13-16(24)15(10(2)3)20(25)28-17(13)11(14)4/h1,9-11,14,20,22,24,29-30H,2,12H2,3-7H3,(H,28,32);7-9,12,18-19,21,24H,1-2H2,3-6H3/b27-15-;/t14-,20-,22-,24?,26+;12-,18-,19-,21?,23+/m11/s1. The molecule has 2 unspecified atom stereocenters. The van der Waals surface area contributed by atoms with E-state index in [4.69, 9.17) is 53.3 Å².